The van der Waals surface area contributed by atoms with Gasteiger partial charge in [0.1, 0.15) is 0 Å². The zero-order valence-corrected chi connectivity index (χ0v) is 13.5. The molecule has 0 saturated heterocycles. The summed E-state index contributed by atoms with van der Waals surface area (Å²) in [5.41, 5.74) is 2.08. The number of nitrogens with one attached hydrogen (secondary N) is 1. The molecular weight excluding hydrogens is 242 g/mol. The fourth-order valence-corrected chi connectivity index (χ4v) is 3.81. The van der Waals surface area contributed by atoms with E-state index in [1.165, 1.54) is 38.6 Å². The van der Waals surface area contributed by atoms with E-state index >= 15 is 0 Å². The van der Waals surface area contributed by atoms with Crippen LogP contribution in [0.15, 0.2) is 30.3 Å². The van der Waals surface area contributed by atoms with Crippen molar-refractivity contribution in [2.24, 2.45) is 11.3 Å². The summed E-state index contributed by atoms with van der Waals surface area (Å²) in [6.45, 7) is 9.23. The minimum atomic E-state index is 0.520. The van der Waals surface area contributed by atoms with E-state index in [4.69, 9.17) is 0 Å². The van der Waals surface area contributed by atoms with E-state index in [-0.39, 0.29) is 0 Å². The molecule has 0 radical (unpaired) electrons. The van der Waals surface area contributed by atoms with Crippen LogP contribution >= 0.6 is 0 Å². The molecule has 2 rings (SSSR count). The number of benzene rings is 1. The molecule has 0 heterocycles. The SMILES string of the molecule is CCCCC(CC)(CNCC)C1CC1c1ccccc1. The van der Waals surface area contributed by atoms with Gasteiger partial charge in [-0.15, -0.1) is 0 Å². The molecular formula is C19H31N. The third-order valence-electron chi connectivity index (χ3n) is 5.26. The zero-order valence-electron chi connectivity index (χ0n) is 13.5. The second-order valence-electron chi connectivity index (χ2n) is 6.46. The van der Waals surface area contributed by atoms with Gasteiger partial charge in [0, 0.05) is 6.54 Å². The van der Waals surface area contributed by atoms with Gasteiger partial charge in [0.05, 0.1) is 0 Å². The number of unbranched alkanes of at least 4 members (excludes halogenated alkanes) is 1. The zero-order chi connectivity index (χ0) is 14.4. The molecule has 1 aliphatic rings. The molecule has 1 aromatic carbocycles. The van der Waals surface area contributed by atoms with E-state index in [9.17, 15) is 0 Å². The van der Waals surface area contributed by atoms with Crippen molar-refractivity contribution in [1.29, 1.82) is 0 Å². The predicted molar refractivity (Wildman–Crippen MR) is 88.1 cm³/mol. The van der Waals surface area contributed by atoms with Gasteiger partial charge in [-0.05, 0) is 48.6 Å². The van der Waals surface area contributed by atoms with Crippen LogP contribution in [0.3, 0.4) is 0 Å². The Bertz CT molecular complexity index is 376. The summed E-state index contributed by atoms with van der Waals surface area (Å²) >= 11 is 0. The van der Waals surface area contributed by atoms with Crippen LogP contribution in [0.25, 0.3) is 0 Å². The second-order valence-corrected chi connectivity index (χ2v) is 6.46. The molecule has 1 heteroatoms. The van der Waals surface area contributed by atoms with Crippen LogP contribution in [0.1, 0.15) is 64.4 Å². The van der Waals surface area contributed by atoms with E-state index in [2.05, 4.69) is 56.4 Å². The molecule has 0 aromatic heterocycles. The molecule has 3 unspecified atom stereocenters. The summed E-state index contributed by atoms with van der Waals surface area (Å²) in [5.74, 6) is 1.70. The minimum Gasteiger partial charge on any atom is -0.316 e. The van der Waals surface area contributed by atoms with Crippen molar-refractivity contribution in [1.82, 2.24) is 5.32 Å². The summed E-state index contributed by atoms with van der Waals surface area (Å²) in [6, 6.07) is 11.1. The van der Waals surface area contributed by atoms with Gasteiger partial charge < -0.3 is 5.32 Å². The molecule has 1 fully saturated rings. The number of rotatable bonds is 9. The Morgan fingerprint density at radius 2 is 1.90 bits per heavy atom. The van der Waals surface area contributed by atoms with Gasteiger partial charge in [-0.1, -0.05) is 63.9 Å². The maximum absolute atomic E-state index is 3.64. The van der Waals surface area contributed by atoms with Gasteiger partial charge in [-0.2, -0.15) is 0 Å². The third-order valence-corrected chi connectivity index (χ3v) is 5.26. The highest BCUT2D eigenvalue weighted by atomic mass is 14.9. The minimum absolute atomic E-state index is 0.520. The first-order valence-corrected chi connectivity index (χ1v) is 8.53. The van der Waals surface area contributed by atoms with Gasteiger partial charge in [0.15, 0.2) is 0 Å². The average Bonchev–Trinajstić information content (AvgIpc) is 3.30. The number of hydrogen-bond donors (Lipinski definition) is 1. The lowest BCUT2D eigenvalue weighted by Gasteiger charge is -2.34. The first-order valence-electron chi connectivity index (χ1n) is 8.53. The standard InChI is InChI=1S/C19H31N/c1-4-7-13-19(5-2,15-20-6-3)18-14-17(18)16-11-9-8-10-12-16/h8-12,17-18,20H,4-7,13-15H2,1-3H3. The van der Waals surface area contributed by atoms with Crippen LogP contribution in [0.5, 0.6) is 0 Å². The van der Waals surface area contributed by atoms with Crippen molar-refractivity contribution in [3.8, 4) is 0 Å². The molecule has 1 N–H and O–H groups in total. The summed E-state index contributed by atoms with van der Waals surface area (Å²) in [4.78, 5) is 0. The predicted octanol–water partition coefficient (Wildman–Crippen LogP) is 4.99. The van der Waals surface area contributed by atoms with Gasteiger partial charge >= 0.3 is 0 Å². The summed E-state index contributed by atoms with van der Waals surface area (Å²) in [5, 5.41) is 3.64. The summed E-state index contributed by atoms with van der Waals surface area (Å²) in [6.07, 6.45) is 6.79. The first kappa shape index (κ1) is 15.6. The molecule has 1 aromatic rings. The van der Waals surface area contributed by atoms with Crippen molar-refractivity contribution < 1.29 is 0 Å². The van der Waals surface area contributed by atoms with Gasteiger partial charge in [0.2, 0.25) is 0 Å². The van der Waals surface area contributed by atoms with E-state index in [0.717, 1.165) is 18.4 Å². The van der Waals surface area contributed by atoms with Crippen LogP contribution in [-0.4, -0.2) is 13.1 Å². The van der Waals surface area contributed by atoms with Crippen molar-refractivity contribution in [2.75, 3.05) is 13.1 Å². The smallest absolute Gasteiger partial charge is 0.00105 e. The molecule has 3 atom stereocenters. The Kier molecular flexibility index (Phi) is 5.65. The topological polar surface area (TPSA) is 12.0 Å². The van der Waals surface area contributed by atoms with Crippen LogP contribution in [-0.2, 0) is 0 Å². The Morgan fingerprint density at radius 1 is 1.15 bits per heavy atom. The fourth-order valence-electron chi connectivity index (χ4n) is 3.81. The molecule has 1 saturated carbocycles. The van der Waals surface area contributed by atoms with Crippen LogP contribution in [0.4, 0.5) is 0 Å². The normalized spacial score (nSPS) is 24.4. The number of hydrogen-bond acceptors (Lipinski definition) is 1. The van der Waals surface area contributed by atoms with Gasteiger partial charge in [-0.25, -0.2) is 0 Å². The van der Waals surface area contributed by atoms with Crippen molar-refractivity contribution in [2.45, 2.75) is 58.8 Å². The molecule has 20 heavy (non-hydrogen) atoms. The maximum atomic E-state index is 3.64. The Morgan fingerprint density at radius 3 is 2.50 bits per heavy atom. The maximum Gasteiger partial charge on any atom is 0.00105 e. The molecule has 0 bridgehead atoms. The van der Waals surface area contributed by atoms with Crippen molar-refractivity contribution in [3.63, 3.8) is 0 Å². The Labute approximate surface area is 125 Å². The van der Waals surface area contributed by atoms with Crippen LogP contribution in [0, 0.1) is 11.3 Å². The van der Waals surface area contributed by atoms with E-state index in [1.807, 2.05) is 0 Å². The van der Waals surface area contributed by atoms with Gasteiger partial charge in [-0.3, -0.25) is 0 Å². The fraction of sp³-hybridized carbons (Fsp3) is 0.684. The lowest BCUT2D eigenvalue weighted by atomic mass is 9.74. The third kappa shape index (κ3) is 3.44. The average molecular weight is 273 g/mol. The van der Waals surface area contributed by atoms with E-state index in [0.29, 0.717) is 5.41 Å². The molecule has 112 valence electrons. The van der Waals surface area contributed by atoms with Gasteiger partial charge in [0.25, 0.3) is 0 Å². The molecule has 1 nitrogen and oxygen atoms in total. The highest BCUT2D eigenvalue weighted by Gasteiger charge is 2.51. The monoisotopic (exact) mass is 273 g/mol. The van der Waals surface area contributed by atoms with E-state index in [1.54, 1.807) is 5.56 Å². The summed E-state index contributed by atoms with van der Waals surface area (Å²) in [7, 11) is 0. The molecule has 0 aliphatic heterocycles. The highest BCUT2D eigenvalue weighted by Crippen LogP contribution is 2.59. The quantitative estimate of drug-likeness (QED) is 0.668. The lowest BCUT2D eigenvalue weighted by molar-refractivity contribution is 0.189. The van der Waals surface area contributed by atoms with Crippen molar-refractivity contribution in [3.05, 3.63) is 35.9 Å². The Hall–Kier alpha value is -0.820. The van der Waals surface area contributed by atoms with Crippen LogP contribution < -0.4 is 5.32 Å². The van der Waals surface area contributed by atoms with Crippen LogP contribution in [0.2, 0.25) is 0 Å². The Balaban J connectivity index is 2.07. The molecule has 0 amide bonds. The second kappa shape index (κ2) is 7.26. The largest absolute Gasteiger partial charge is 0.316 e. The highest BCUT2D eigenvalue weighted by molar-refractivity contribution is 5.27. The molecule has 0 spiro atoms. The lowest BCUT2D eigenvalue weighted by Crippen LogP contribution is -2.36. The van der Waals surface area contributed by atoms with E-state index < -0.39 is 0 Å². The molecule has 1 aliphatic carbocycles. The summed E-state index contributed by atoms with van der Waals surface area (Å²) < 4.78 is 0. The van der Waals surface area contributed by atoms with Crippen molar-refractivity contribution >= 4 is 0 Å². The first-order chi connectivity index (χ1) is 9.77.